The minimum atomic E-state index is -4.10. The number of carbonyl (C=O) groups is 1. The molecule has 1 saturated carbocycles. The molecule has 1 aromatic rings. The standard InChI is InChI=1S/C14H17ClFNO3S/c1-9-11(16)7-10(8-12(9)21(15,19)20)13(18)17-14(2)5-3-4-6-14/h7-8H,3-6H2,1-2H3,(H,17,18). The van der Waals surface area contributed by atoms with Gasteiger partial charge in [-0.3, -0.25) is 4.79 Å². The van der Waals surface area contributed by atoms with Crippen LogP contribution in [0.15, 0.2) is 17.0 Å². The zero-order valence-corrected chi connectivity index (χ0v) is 13.4. The number of nitrogens with one attached hydrogen (secondary N) is 1. The molecule has 0 atom stereocenters. The summed E-state index contributed by atoms with van der Waals surface area (Å²) in [5, 5.41) is 2.85. The summed E-state index contributed by atoms with van der Waals surface area (Å²) in [6.45, 7) is 3.24. The highest BCUT2D eigenvalue weighted by molar-refractivity contribution is 8.13. The number of rotatable bonds is 3. The number of hydrogen-bond acceptors (Lipinski definition) is 3. The summed E-state index contributed by atoms with van der Waals surface area (Å²) in [6, 6.07) is 2.16. The van der Waals surface area contributed by atoms with Crippen molar-refractivity contribution in [3.05, 3.63) is 29.1 Å². The lowest BCUT2D eigenvalue weighted by atomic mass is 10.00. The minimum Gasteiger partial charge on any atom is -0.347 e. The van der Waals surface area contributed by atoms with Gasteiger partial charge < -0.3 is 5.32 Å². The molecule has 1 aliphatic rings. The largest absolute Gasteiger partial charge is 0.347 e. The molecule has 1 amide bonds. The summed E-state index contributed by atoms with van der Waals surface area (Å²) in [4.78, 5) is 11.9. The molecule has 0 radical (unpaired) electrons. The summed E-state index contributed by atoms with van der Waals surface area (Å²) in [5.41, 5.74) is -0.447. The van der Waals surface area contributed by atoms with E-state index in [1.54, 1.807) is 0 Å². The van der Waals surface area contributed by atoms with E-state index in [9.17, 15) is 17.6 Å². The predicted octanol–water partition coefficient (Wildman–Crippen LogP) is 3.12. The predicted molar refractivity (Wildman–Crippen MR) is 78.5 cm³/mol. The van der Waals surface area contributed by atoms with Crippen LogP contribution >= 0.6 is 10.7 Å². The van der Waals surface area contributed by atoms with Crippen molar-refractivity contribution in [3.63, 3.8) is 0 Å². The molecule has 116 valence electrons. The zero-order valence-electron chi connectivity index (χ0n) is 11.9. The van der Waals surface area contributed by atoms with Gasteiger partial charge in [-0.2, -0.15) is 0 Å². The van der Waals surface area contributed by atoms with Crippen molar-refractivity contribution in [1.82, 2.24) is 5.32 Å². The second-order valence-corrected chi connectivity index (χ2v) is 8.28. The molecular formula is C14H17ClFNO3S. The average Bonchev–Trinajstić information content (AvgIpc) is 2.77. The summed E-state index contributed by atoms with van der Waals surface area (Å²) < 4.78 is 36.7. The first-order valence-corrected chi connectivity index (χ1v) is 9.01. The first-order valence-electron chi connectivity index (χ1n) is 6.70. The van der Waals surface area contributed by atoms with Crippen molar-refractivity contribution in [2.24, 2.45) is 0 Å². The third-order valence-corrected chi connectivity index (χ3v) is 5.39. The van der Waals surface area contributed by atoms with E-state index in [2.05, 4.69) is 5.32 Å². The van der Waals surface area contributed by atoms with Crippen LogP contribution in [0.1, 0.15) is 48.5 Å². The molecule has 21 heavy (non-hydrogen) atoms. The third kappa shape index (κ3) is 3.55. The first kappa shape index (κ1) is 16.2. The number of hydrogen-bond donors (Lipinski definition) is 1. The molecule has 0 heterocycles. The second kappa shape index (κ2) is 5.57. The van der Waals surface area contributed by atoms with Crippen LogP contribution in [-0.2, 0) is 9.05 Å². The van der Waals surface area contributed by atoms with Gasteiger partial charge in [0.2, 0.25) is 0 Å². The fourth-order valence-electron chi connectivity index (χ4n) is 2.66. The van der Waals surface area contributed by atoms with Gasteiger partial charge in [0.15, 0.2) is 0 Å². The quantitative estimate of drug-likeness (QED) is 0.864. The highest BCUT2D eigenvalue weighted by Gasteiger charge is 2.31. The van der Waals surface area contributed by atoms with Crippen molar-refractivity contribution >= 4 is 25.6 Å². The molecule has 1 N–H and O–H groups in total. The van der Waals surface area contributed by atoms with Gasteiger partial charge in [0, 0.05) is 27.3 Å². The van der Waals surface area contributed by atoms with E-state index < -0.39 is 20.8 Å². The lowest BCUT2D eigenvalue weighted by molar-refractivity contribution is 0.0907. The van der Waals surface area contributed by atoms with Gasteiger partial charge >= 0.3 is 0 Å². The summed E-state index contributed by atoms with van der Waals surface area (Å²) >= 11 is 0. The number of halogens is 2. The van der Waals surface area contributed by atoms with Crippen LogP contribution in [0.25, 0.3) is 0 Å². The summed E-state index contributed by atoms with van der Waals surface area (Å²) in [7, 11) is 1.18. The highest BCUT2D eigenvalue weighted by atomic mass is 35.7. The zero-order chi connectivity index (χ0) is 15.8. The van der Waals surface area contributed by atoms with Gasteiger partial charge in [0.1, 0.15) is 5.82 Å². The van der Waals surface area contributed by atoms with Gasteiger partial charge in [-0.15, -0.1) is 0 Å². The van der Waals surface area contributed by atoms with Crippen molar-refractivity contribution in [1.29, 1.82) is 0 Å². The maximum absolute atomic E-state index is 13.8. The highest BCUT2D eigenvalue weighted by Crippen LogP contribution is 2.30. The molecule has 4 nitrogen and oxygen atoms in total. The topological polar surface area (TPSA) is 63.2 Å². The van der Waals surface area contributed by atoms with Crippen molar-refractivity contribution in [2.75, 3.05) is 0 Å². The molecule has 0 unspecified atom stereocenters. The number of carbonyl (C=O) groups excluding carboxylic acids is 1. The normalized spacial score (nSPS) is 17.7. The van der Waals surface area contributed by atoms with E-state index in [0.29, 0.717) is 0 Å². The smallest absolute Gasteiger partial charge is 0.261 e. The Morgan fingerprint density at radius 2 is 1.90 bits per heavy atom. The molecule has 0 spiro atoms. The van der Waals surface area contributed by atoms with Crippen LogP contribution in [0, 0.1) is 12.7 Å². The Morgan fingerprint density at radius 1 is 1.33 bits per heavy atom. The van der Waals surface area contributed by atoms with Gasteiger partial charge in [-0.25, -0.2) is 12.8 Å². The molecule has 7 heteroatoms. The van der Waals surface area contributed by atoms with Crippen LogP contribution < -0.4 is 5.32 Å². The Hall–Kier alpha value is -1.14. The van der Waals surface area contributed by atoms with Gasteiger partial charge in [-0.05, 0) is 38.8 Å². The average molecular weight is 334 g/mol. The Kier molecular flexibility index (Phi) is 4.31. The maximum atomic E-state index is 13.8. The van der Waals surface area contributed by atoms with E-state index in [1.807, 2.05) is 6.92 Å². The fraction of sp³-hybridized carbons (Fsp3) is 0.500. The molecule has 2 rings (SSSR count). The molecule has 1 aromatic carbocycles. The molecule has 1 aliphatic carbocycles. The summed E-state index contributed by atoms with van der Waals surface area (Å²) in [5.74, 6) is -1.25. The van der Waals surface area contributed by atoms with Crippen molar-refractivity contribution in [2.45, 2.75) is 50.0 Å². The van der Waals surface area contributed by atoms with Crippen LogP contribution in [0.3, 0.4) is 0 Å². The molecular weight excluding hydrogens is 317 g/mol. The lowest BCUT2D eigenvalue weighted by Crippen LogP contribution is -2.43. The van der Waals surface area contributed by atoms with E-state index in [0.717, 1.165) is 37.8 Å². The third-order valence-electron chi connectivity index (χ3n) is 3.94. The van der Waals surface area contributed by atoms with Gasteiger partial charge in [-0.1, -0.05) is 12.8 Å². The Labute approximate surface area is 128 Å². The van der Waals surface area contributed by atoms with Crippen LogP contribution in [0.5, 0.6) is 0 Å². The van der Waals surface area contributed by atoms with E-state index in [4.69, 9.17) is 10.7 Å². The lowest BCUT2D eigenvalue weighted by Gasteiger charge is -2.25. The monoisotopic (exact) mass is 333 g/mol. The molecule has 0 aliphatic heterocycles. The van der Waals surface area contributed by atoms with Crippen LogP contribution in [0.2, 0.25) is 0 Å². The SMILES string of the molecule is Cc1c(F)cc(C(=O)NC2(C)CCCC2)cc1S(=O)(=O)Cl. The van der Waals surface area contributed by atoms with E-state index in [1.165, 1.54) is 6.92 Å². The van der Waals surface area contributed by atoms with Crippen LogP contribution in [0.4, 0.5) is 4.39 Å². The van der Waals surface area contributed by atoms with Crippen LogP contribution in [-0.4, -0.2) is 19.9 Å². The molecule has 0 bridgehead atoms. The first-order chi connectivity index (χ1) is 9.62. The Bertz CT molecular complexity index is 682. The number of benzene rings is 1. The maximum Gasteiger partial charge on any atom is 0.261 e. The molecule has 0 saturated heterocycles. The summed E-state index contributed by atoms with van der Waals surface area (Å²) in [6.07, 6.45) is 3.77. The fourth-order valence-corrected chi connectivity index (χ4v) is 3.88. The number of amides is 1. The van der Waals surface area contributed by atoms with E-state index in [-0.39, 0.29) is 21.6 Å². The van der Waals surface area contributed by atoms with E-state index >= 15 is 0 Å². The van der Waals surface area contributed by atoms with Gasteiger partial charge in [0.25, 0.3) is 15.0 Å². The van der Waals surface area contributed by atoms with Crippen molar-refractivity contribution < 1.29 is 17.6 Å². The van der Waals surface area contributed by atoms with Crippen molar-refractivity contribution in [3.8, 4) is 0 Å². The molecule has 0 aromatic heterocycles. The minimum absolute atomic E-state index is 0.0366. The molecule has 1 fully saturated rings. The van der Waals surface area contributed by atoms with Gasteiger partial charge in [0.05, 0.1) is 4.90 Å². The second-order valence-electron chi connectivity index (χ2n) is 5.74. The Balaban J connectivity index is 2.36. The Morgan fingerprint density at radius 3 is 2.43 bits per heavy atom.